The second-order valence-electron chi connectivity index (χ2n) is 6.24. The highest BCUT2D eigenvalue weighted by molar-refractivity contribution is 7.89. The Bertz CT molecular complexity index is 891. The molecular weight excluding hydrogens is 328 g/mol. The number of para-hydroxylation sites is 1. The van der Waals surface area contributed by atoms with Crippen molar-refractivity contribution >= 4 is 15.7 Å². The molecule has 0 amide bonds. The molecule has 0 bridgehead atoms. The van der Waals surface area contributed by atoms with Gasteiger partial charge in [-0.15, -0.1) is 0 Å². The molecule has 1 fully saturated rings. The van der Waals surface area contributed by atoms with Gasteiger partial charge in [0.1, 0.15) is 4.90 Å². The van der Waals surface area contributed by atoms with Crippen LogP contribution in [0.1, 0.15) is 18.4 Å². The summed E-state index contributed by atoms with van der Waals surface area (Å²) in [6.07, 6.45) is 2.08. The van der Waals surface area contributed by atoms with Gasteiger partial charge in [0.25, 0.3) is 0 Å². The first kappa shape index (κ1) is 15.3. The van der Waals surface area contributed by atoms with Crippen LogP contribution in [0.4, 0.5) is 5.69 Å². The van der Waals surface area contributed by atoms with Gasteiger partial charge in [0.15, 0.2) is 11.5 Å². The SMILES string of the molecule is NS(=O)(=O)c1ccccc1NCC1(c2ccc3c(c2)OCO3)CC1. The minimum Gasteiger partial charge on any atom is -0.454 e. The van der Waals surface area contributed by atoms with E-state index in [1.165, 1.54) is 11.6 Å². The topological polar surface area (TPSA) is 90.7 Å². The van der Waals surface area contributed by atoms with Crippen LogP contribution in [0.25, 0.3) is 0 Å². The number of sulfonamides is 1. The van der Waals surface area contributed by atoms with Gasteiger partial charge in [-0.1, -0.05) is 18.2 Å². The highest BCUT2D eigenvalue weighted by Gasteiger charge is 2.44. The average molecular weight is 346 g/mol. The number of hydrogen-bond acceptors (Lipinski definition) is 5. The number of ether oxygens (including phenoxy) is 2. The molecule has 7 heteroatoms. The smallest absolute Gasteiger partial charge is 0.240 e. The molecule has 2 aromatic rings. The maximum absolute atomic E-state index is 11.7. The van der Waals surface area contributed by atoms with E-state index in [1.54, 1.807) is 18.2 Å². The predicted octanol–water partition coefficient (Wildman–Crippen LogP) is 2.21. The molecule has 1 aliphatic carbocycles. The Labute approximate surface area is 140 Å². The van der Waals surface area contributed by atoms with Crippen LogP contribution >= 0.6 is 0 Å². The number of primary sulfonamides is 1. The fraction of sp³-hybridized carbons (Fsp3) is 0.294. The van der Waals surface area contributed by atoms with E-state index >= 15 is 0 Å². The molecule has 0 saturated heterocycles. The molecule has 0 spiro atoms. The molecule has 4 rings (SSSR count). The normalized spacial score (nSPS) is 17.5. The van der Waals surface area contributed by atoms with Gasteiger partial charge in [0.05, 0.1) is 5.69 Å². The largest absolute Gasteiger partial charge is 0.454 e. The average Bonchev–Trinajstić information content (AvgIpc) is 3.21. The number of fused-ring (bicyclic) bond motifs is 1. The fourth-order valence-electron chi connectivity index (χ4n) is 3.07. The minimum atomic E-state index is -3.75. The minimum absolute atomic E-state index is 0.00749. The first-order valence-electron chi connectivity index (χ1n) is 7.74. The summed E-state index contributed by atoms with van der Waals surface area (Å²) in [7, 11) is -3.75. The first-order valence-corrected chi connectivity index (χ1v) is 9.28. The Kier molecular flexibility index (Phi) is 3.43. The molecule has 1 heterocycles. The maximum Gasteiger partial charge on any atom is 0.240 e. The summed E-state index contributed by atoms with van der Waals surface area (Å²) >= 11 is 0. The zero-order valence-corrected chi connectivity index (χ0v) is 13.8. The zero-order valence-electron chi connectivity index (χ0n) is 13.0. The zero-order chi connectivity index (χ0) is 16.8. The lowest BCUT2D eigenvalue weighted by molar-refractivity contribution is 0.174. The van der Waals surface area contributed by atoms with E-state index in [0.717, 1.165) is 24.3 Å². The van der Waals surface area contributed by atoms with Gasteiger partial charge < -0.3 is 14.8 Å². The number of hydrogen-bond donors (Lipinski definition) is 2. The van der Waals surface area contributed by atoms with Crippen molar-refractivity contribution in [2.75, 3.05) is 18.7 Å². The van der Waals surface area contributed by atoms with Crippen LogP contribution in [0.3, 0.4) is 0 Å². The molecule has 1 saturated carbocycles. The summed E-state index contributed by atoms with van der Waals surface area (Å²) in [5.74, 6) is 1.53. The van der Waals surface area contributed by atoms with Crippen LogP contribution in [-0.2, 0) is 15.4 Å². The number of anilines is 1. The third kappa shape index (κ3) is 2.70. The highest BCUT2D eigenvalue weighted by atomic mass is 32.2. The Morgan fingerprint density at radius 2 is 1.83 bits per heavy atom. The second-order valence-corrected chi connectivity index (χ2v) is 7.77. The highest BCUT2D eigenvalue weighted by Crippen LogP contribution is 2.50. The monoisotopic (exact) mass is 346 g/mol. The molecule has 2 aromatic carbocycles. The van der Waals surface area contributed by atoms with Crippen molar-refractivity contribution in [3.05, 3.63) is 48.0 Å². The van der Waals surface area contributed by atoms with Crippen molar-refractivity contribution in [3.63, 3.8) is 0 Å². The molecule has 24 heavy (non-hydrogen) atoms. The van der Waals surface area contributed by atoms with Crippen molar-refractivity contribution in [2.45, 2.75) is 23.2 Å². The summed E-state index contributed by atoms with van der Waals surface area (Å²) in [5, 5.41) is 8.54. The standard InChI is InChI=1S/C17H18N2O4S/c18-24(20,21)16-4-2-1-3-13(16)19-10-17(7-8-17)12-5-6-14-15(9-12)23-11-22-14/h1-6,9,19H,7-8,10-11H2,(H2,18,20,21). The Hall–Kier alpha value is -2.25. The number of nitrogens with one attached hydrogen (secondary N) is 1. The molecule has 0 radical (unpaired) electrons. The van der Waals surface area contributed by atoms with E-state index in [2.05, 4.69) is 5.32 Å². The molecule has 2 aliphatic rings. The first-order chi connectivity index (χ1) is 11.5. The van der Waals surface area contributed by atoms with E-state index < -0.39 is 10.0 Å². The van der Waals surface area contributed by atoms with Crippen LogP contribution < -0.4 is 19.9 Å². The summed E-state index contributed by atoms with van der Waals surface area (Å²) in [6, 6.07) is 12.7. The molecule has 1 aliphatic heterocycles. The molecule has 3 N–H and O–H groups in total. The molecular formula is C17H18N2O4S. The van der Waals surface area contributed by atoms with Gasteiger partial charge in [0, 0.05) is 12.0 Å². The van der Waals surface area contributed by atoms with Gasteiger partial charge >= 0.3 is 0 Å². The Balaban J connectivity index is 1.56. The summed E-state index contributed by atoms with van der Waals surface area (Å²) in [4.78, 5) is 0.117. The van der Waals surface area contributed by atoms with E-state index in [9.17, 15) is 8.42 Å². The van der Waals surface area contributed by atoms with E-state index in [4.69, 9.17) is 14.6 Å². The molecule has 0 aromatic heterocycles. The lowest BCUT2D eigenvalue weighted by Gasteiger charge is -2.19. The Morgan fingerprint density at radius 1 is 1.08 bits per heavy atom. The van der Waals surface area contributed by atoms with Crippen LogP contribution in [0.15, 0.2) is 47.4 Å². The van der Waals surface area contributed by atoms with Gasteiger partial charge in [-0.3, -0.25) is 0 Å². The lowest BCUT2D eigenvalue weighted by atomic mass is 9.95. The number of rotatable bonds is 5. The fourth-order valence-corrected chi connectivity index (χ4v) is 3.79. The van der Waals surface area contributed by atoms with Crippen molar-refractivity contribution in [2.24, 2.45) is 5.14 Å². The van der Waals surface area contributed by atoms with Crippen LogP contribution in [-0.4, -0.2) is 21.8 Å². The van der Waals surface area contributed by atoms with E-state index in [0.29, 0.717) is 12.2 Å². The second kappa shape index (κ2) is 5.39. The summed E-state index contributed by atoms with van der Waals surface area (Å²) in [5.41, 5.74) is 1.70. The van der Waals surface area contributed by atoms with Crippen LogP contribution in [0.2, 0.25) is 0 Å². The quantitative estimate of drug-likeness (QED) is 0.866. The lowest BCUT2D eigenvalue weighted by Crippen LogP contribution is -2.22. The van der Waals surface area contributed by atoms with E-state index in [1.807, 2.05) is 18.2 Å². The molecule has 0 unspecified atom stereocenters. The molecule has 0 atom stereocenters. The predicted molar refractivity (Wildman–Crippen MR) is 89.8 cm³/mol. The van der Waals surface area contributed by atoms with Gasteiger partial charge in [-0.25, -0.2) is 13.6 Å². The number of benzene rings is 2. The third-order valence-corrected chi connectivity index (χ3v) is 5.62. The molecule has 126 valence electrons. The van der Waals surface area contributed by atoms with Crippen LogP contribution in [0.5, 0.6) is 11.5 Å². The summed E-state index contributed by atoms with van der Waals surface area (Å²) < 4.78 is 34.2. The van der Waals surface area contributed by atoms with Gasteiger partial charge in [-0.05, 0) is 42.7 Å². The van der Waals surface area contributed by atoms with E-state index in [-0.39, 0.29) is 17.1 Å². The third-order valence-electron chi connectivity index (χ3n) is 4.65. The van der Waals surface area contributed by atoms with Crippen molar-refractivity contribution < 1.29 is 17.9 Å². The van der Waals surface area contributed by atoms with Gasteiger partial charge in [-0.2, -0.15) is 0 Å². The van der Waals surface area contributed by atoms with Crippen molar-refractivity contribution in [3.8, 4) is 11.5 Å². The maximum atomic E-state index is 11.7. The van der Waals surface area contributed by atoms with Gasteiger partial charge in [0.2, 0.25) is 16.8 Å². The summed E-state index contributed by atoms with van der Waals surface area (Å²) in [6.45, 7) is 0.894. The van der Waals surface area contributed by atoms with Crippen molar-refractivity contribution in [1.82, 2.24) is 0 Å². The van der Waals surface area contributed by atoms with Crippen LogP contribution in [0, 0.1) is 0 Å². The van der Waals surface area contributed by atoms with Crippen molar-refractivity contribution in [1.29, 1.82) is 0 Å². The Morgan fingerprint density at radius 3 is 2.58 bits per heavy atom. The molecule has 6 nitrogen and oxygen atoms in total. The number of nitrogens with two attached hydrogens (primary N) is 1.